The molecule has 0 bridgehead atoms. The molecule has 1 aromatic heterocycles. The van der Waals surface area contributed by atoms with E-state index in [0.29, 0.717) is 34.5 Å². The predicted molar refractivity (Wildman–Crippen MR) is 129 cm³/mol. The Bertz CT molecular complexity index is 1350. The van der Waals surface area contributed by atoms with E-state index >= 15 is 0 Å². The van der Waals surface area contributed by atoms with E-state index in [-0.39, 0.29) is 29.8 Å². The number of pyridine rings is 1. The van der Waals surface area contributed by atoms with Gasteiger partial charge in [0.1, 0.15) is 5.82 Å². The van der Waals surface area contributed by atoms with Crippen molar-refractivity contribution < 1.29 is 22.4 Å². The van der Waals surface area contributed by atoms with E-state index in [9.17, 15) is 27.2 Å². The number of hydrogen-bond donors (Lipinski definition) is 2. The van der Waals surface area contributed by atoms with Crippen molar-refractivity contribution in [1.29, 1.82) is 0 Å². The zero-order valence-corrected chi connectivity index (χ0v) is 20.0. The molecule has 1 aliphatic heterocycles. The first-order valence-corrected chi connectivity index (χ1v) is 11.7. The Hall–Kier alpha value is -3.24. The van der Waals surface area contributed by atoms with Gasteiger partial charge in [-0.3, -0.25) is 14.5 Å². The molecule has 36 heavy (non-hydrogen) atoms. The summed E-state index contributed by atoms with van der Waals surface area (Å²) in [5, 5.41) is 3.49. The lowest BCUT2D eigenvalue weighted by Gasteiger charge is -2.23. The number of hydrogen-bond acceptors (Lipinski definition) is 4. The van der Waals surface area contributed by atoms with Crippen LogP contribution >= 0.6 is 0 Å². The molecule has 1 fully saturated rings. The molecule has 3 aromatic rings. The molecule has 3 N–H and O–H groups in total. The molecule has 0 radical (unpaired) electrons. The highest BCUT2D eigenvalue weighted by molar-refractivity contribution is 6.08. The number of aryl methyl sites for hydroxylation is 1. The fourth-order valence-corrected chi connectivity index (χ4v) is 4.76. The van der Waals surface area contributed by atoms with Crippen LogP contribution in [0.5, 0.6) is 0 Å². The second-order valence-electron chi connectivity index (χ2n) is 9.40. The standard InChI is InChI=1S/C26H28F4N4O2/c1-15-3-5-20-19(8-10-34(25(20)36)16(2)13-33-9-7-18(31)14-33)23(15)24(35)32-12-17-4-6-21(22(27)11-17)26(28,29)30/h3-6,8,10-11,16,18H,7,9,12-14,31H2,1-2H3,(H,32,35)/t16-,18+/m1/s1. The molecule has 0 saturated carbocycles. The third-order valence-corrected chi connectivity index (χ3v) is 6.65. The van der Waals surface area contributed by atoms with Crippen LogP contribution in [0.3, 0.4) is 0 Å². The lowest BCUT2D eigenvalue weighted by molar-refractivity contribution is -0.140. The number of likely N-dealkylation sites (tertiary alicyclic amines) is 1. The maximum absolute atomic E-state index is 13.9. The fourth-order valence-electron chi connectivity index (χ4n) is 4.76. The van der Waals surface area contributed by atoms with E-state index in [0.717, 1.165) is 31.6 Å². The highest BCUT2D eigenvalue weighted by atomic mass is 19.4. The van der Waals surface area contributed by atoms with Gasteiger partial charge in [-0.05, 0) is 62.2 Å². The molecule has 0 unspecified atom stereocenters. The quantitative estimate of drug-likeness (QED) is 0.498. The lowest BCUT2D eigenvalue weighted by atomic mass is 10.00. The predicted octanol–water partition coefficient (Wildman–Crippen LogP) is 3.99. The normalized spacial score (nSPS) is 17.5. The Balaban J connectivity index is 1.56. The monoisotopic (exact) mass is 504 g/mol. The smallest absolute Gasteiger partial charge is 0.348 e. The van der Waals surface area contributed by atoms with Gasteiger partial charge in [0, 0.05) is 48.7 Å². The van der Waals surface area contributed by atoms with Gasteiger partial charge in [0.2, 0.25) is 0 Å². The highest BCUT2D eigenvalue weighted by Crippen LogP contribution is 2.31. The number of aromatic nitrogens is 1. The second-order valence-corrected chi connectivity index (χ2v) is 9.40. The topological polar surface area (TPSA) is 80.4 Å². The lowest BCUT2D eigenvalue weighted by Crippen LogP contribution is -2.34. The Morgan fingerprint density at radius 1 is 1.19 bits per heavy atom. The van der Waals surface area contributed by atoms with Gasteiger partial charge in [0.05, 0.1) is 11.1 Å². The number of nitrogens with two attached hydrogens (primary N) is 1. The number of carbonyl (C=O) groups excluding carboxylic acids is 1. The molecule has 192 valence electrons. The number of amides is 1. The summed E-state index contributed by atoms with van der Waals surface area (Å²) in [6.07, 6.45) is -2.19. The van der Waals surface area contributed by atoms with E-state index in [2.05, 4.69) is 10.2 Å². The van der Waals surface area contributed by atoms with Gasteiger partial charge in [-0.2, -0.15) is 13.2 Å². The minimum atomic E-state index is -4.79. The zero-order valence-electron chi connectivity index (χ0n) is 20.0. The maximum Gasteiger partial charge on any atom is 0.419 e. The van der Waals surface area contributed by atoms with Crippen molar-refractivity contribution in [2.24, 2.45) is 5.73 Å². The minimum Gasteiger partial charge on any atom is -0.348 e. The van der Waals surface area contributed by atoms with Crippen molar-refractivity contribution in [2.75, 3.05) is 19.6 Å². The zero-order chi connectivity index (χ0) is 26.2. The first-order valence-electron chi connectivity index (χ1n) is 11.7. The first kappa shape index (κ1) is 25.8. The summed E-state index contributed by atoms with van der Waals surface area (Å²) in [6.45, 7) is 5.88. The van der Waals surface area contributed by atoms with Gasteiger partial charge >= 0.3 is 6.18 Å². The summed E-state index contributed by atoms with van der Waals surface area (Å²) < 4.78 is 53.9. The van der Waals surface area contributed by atoms with Gasteiger partial charge in [-0.15, -0.1) is 0 Å². The van der Waals surface area contributed by atoms with E-state index in [1.807, 2.05) is 6.92 Å². The molecule has 0 spiro atoms. The molecule has 4 rings (SSSR count). The van der Waals surface area contributed by atoms with Crippen LogP contribution in [0.15, 0.2) is 47.4 Å². The van der Waals surface area contributed by atoms with Crippen molar-refractivity contribution in [1.82, 2.24) is 14.8 Å². The second kappa shape index (κ2) is 10.0. The van der Waals surface area contributed by atoms with Crippen LogP contribution in [0, 0.1) is 12.7 Å². The van der Waals surface area contributed by atoms with E-state index in [1.165, 1.54) is 0 Å². The number of halogens is 4. The average molecular weight is 505 g/mol. The molecule has 1 saturated heterocycles. The number of nitrogens with one attached hydrogen (secondary N) is 1. The number of carbonyl (C=O) groups is 1. The van der Waals surface area contributed by atoms with Crippen molar-refractivity contribution >= 4 is 16.7 Å². The van der Waals surface area contributed by atoms with Gasteiger partial charge in [-0.1, -0.05) is 12.1 Å². The fraction of sp³-hybridized carbons (Fsp3) is 0.385. The molecule has 2 heterocycles. The number of fused-ring (bicyclic) bond motifs is 1. The van der Waals surface area contributed by atoms with Crippen molar-refractivity contribution in [3.8, 4) is 0 Å². The Morgan fingerprint density at radius 2 is 1.94 bits per heavy atom. The molecule has 6 nitrogen and oxygen atoms in total. The largest absolute Gasteiger partial charge is 0.419 e. The Morgan fingerprint density at radius 3 is 2.58 bits per heavy atom. The van der Waals surface area contributed by atoms with Crippen LogP contribution < -0.4 is 16.6 Å². The number of rotatable bonds is 6. The molecule has 1 aliphatic rings. The third-order valence-electron chi connectivity index (χ3n) is 6.65. The van der Waals surface area contributed by atoms with Crippen molar-refractivity contribution in [3.63, 3.8) is 0 Å². The van der Waals surface area contributed by atoms with E-state index < -0.39 is 23.5 Å². The van der Waals surface area contributed by atoms with Crippen LogP contribution in [0.4, 0.5) is 17.6 Å². The van der Waals surface area contributed by atoms with E-state index in [1.54, 1.807) is 35.9 Å². The van der Waals surface area contributed by atoms with Gasteiger partial charge < -0.3 is 15.6 Å². The summed E-state index contributed by atoms with van der Waals surface area (Å²) in [5.74, 6) is -1.91. The van der Waals surface area contributed by atoms with Gasteiger partial charge in [-0.25, -0.2) is 4.39 Å². The van der Waals surface area contributed by atoms with Crippen LogP contribution in [0.1, 0.15) is 46.4 Å². The van der Waals surface area contributed by atoms with Crippen LogP contribution in [0.2, 0.25) is 0 Å². The summed E-state index contributed by atoms with van der Waals surface area (Å²) in [4.78, 5) is 28.5. The number of benzene rings is 2. The van der Waals surface area contributed by atoms with Crippen LogP contribution in [-0.4, -0.2) is 41.1 Å². The van der Waals surface area contributed by atoms with Crippen LogP contribution in [-0.2, 0) is 12.7 Å². The van der Waals surface area contributed by atoms with Crippen molar-refractivity contribution in [2.45, 2.75) is 45.1 Å². The molecule has 1 amide bonds. The Kier molecular flexibility index (Phi) is 7.19. The molecular formula is C26H28F4N4O2. The van der Waals surface area contributed by atoms with Crippen molar-refractivity contribution in [3.05, 3.63) is 81.0 Å². The summed E-state index contributed by atoms with van der Waals surface area (Å²) in [5.41, 5.74) is 5.52. The summed E-state index contributed by atoms with van der Waals surface area (Å²) in [7, 11) is 0. The molecular weight excluding hydrogens is 476 g/mol. The average Bonchev–Trinajstić information content (AvgIpc) is 3.21. The summed E-state index contributed by atoms with van der Waals surface area (Å²) >= 11 is 0. The van der Waals surface area contributed by atoms with Crippen LogP contribution in [0.25, 0.3) is 10.8 Å². The molecule has 10 heteroatoms. The first-order chi connectivity index (χ1) is 17.0. The molecule has 0 aliphatic carbocycles. The Labute approximate surface area is 205 Å². The number of alkyl halides is 3. The minimum absolute atomic E-state index is 0.0969. The maximum atomic E-state index is 13.9. The highest BCUT2D eigenvalue weighted by Gasteiger charge is 2.34. The van der Waals surface area contributed by atoms with Gasteiger partial charge in [0.15, 0.2) is 0 Å². The molecule has 2 aromatic carbocycles. The number of nitrogens with zero attached hydrogens (tertiary/aromatic N) is 2. The van der Waals surface area contributed by atoms with E-state index in [4.69, 9.17) is 5.73 Å². The SMILES string of the molecule is Cc1ccc2c(=O)n([C@H](C)CN3CC[C@H](N)C3)ccc2c1C(=O)NCc1ccc(C(F)(F)F)c(F)c1. The van der Waals surface area contributed by atoms with Gasteiger partial charge in [0.25, 0.3) is 11.5 Å². The summed E-state index contributed by atoms with van der Waals surface area (Å²) in [6, 6.07) is 7.67. The molecule has 2 atom stereocenters. The third kappa shape index (κ3) is 5.29.